The van der Waals surface area contributed by atoms with Gasteiger partial charge in [-0.15, -0.1) is 0 Å². The summed E-state index contributed by atoms with van der Waals surface area (Å²) in [7, 11) is 1.43. The lowest BCUT2D eigenvalue weighted by Crippen LogP contribution is -2.60. The van der Waals surface area contributed by atoms with E-state index in [1.54, 1.807) is 0 Å². The molecule has 0 heterocycles. The van der Waals surface area contributed by atoms with Gasteiger partial charge in [-0.05, 0) is 61.8 Å². The molecule has 1 N–H and O–H groups in total. The summed E-state index contributed by atoms with van der Waals surface area (Å²) in [6.45, 7) is 0. The quantitative estimate of drug-likeness (QED) is 0.837. The van der Waals surface area contributed by atoms with Crippen LogP contribution in [0.5, 0.6) is 0 Å². The molecule has 0 saturated heterocycles. The molecule has 4 bridgehead atoms. The number of carbonyl (C=O) groups is 2. The summed E-state index contributed by atoms with van der Waals surface area (Å²) in [5, 5.41) is 3.06. The zero-order valence-corrected chi connectivity index (χ0v) is 14.9. The highest BCUT2D eigenvalue weighted by molar-refractivity contribution is 5.86. The summed E-state index contributed by atoms with van der Waals surface area (Å²) in [6, 6.07) is 9.18. The van der Waals surface area contributed by atoms with Crippen molar-refractivity contribution < 1.29 is 14.3 Å². The van der Waals surface area contributed by atoms with Crippen molar-refractivity contribution in [3.8, 4) is 0 Å². The number of amides is 1. The minimum Gasteiger partial charge on any atom is -0.467 e. The lowest BCUT2D eigenvalue weighted by Gasteiger charge is -2.58. The van der Waals surface area contributed by atoms with Gasteiger partial charge in [0.05, 0.1) is 13.5 Å². The Balaban J connectivity index is 1.52. The van der Waals surface area contributed by atoms with Crippen molar-refractivity contribution in [2.24, 2.45) is 23.2 Å². The van der Waals surface area contributed by atoms with E-state index in [9.17, 15) is 9.59 Å². The Morgan fingerprint density at radius 3 is 2.16 bits per heavy atom. The number of methoxy groups -OCH3 is 1. The van der Waals surface area contributed by atoms with Crippen LogP contribution < -0.4 is 5.32 Å². The summed E-state index contributed by atoms with van der Waals surface area (Å²) >= 11 is 0. The maximum atomic E-state index is 12.6. The van der Waals surface area contributed by atoms with Gasteiger partial charge in [0, 0.05) is 5.41 Å². The molecule has 1 amide bonds. The Hall–Kier alpha value is -1.84. The number of nitrogens with one attached hydrogen (secondary N) is 1. The summed E-state index contributed by atoms with van der Waals surface area (Å²) in [4.78, 5) is 25.2. The second kappa shape index (κ2) is 6.47. The van der Waals surface area contributed by atoms with Crippen molar-refractivity contribution in [1.29, 1.82) is 0 Å². The maximum absolute atomic E-state index is 12.6. The average molecular weight is 341 g/mol. The van der Waals surface area contributed by atoms with E-state index in [-0.39, 0.29) is 17.3 Å². The Morgan fingerprint density at radius 2 is 1.64 bits per heavy atom. The SMILES string of the molecule is COC(=O)[C@H](NC(=O)Cc1ccccc1)C12CC3CC(CC(C3)C1)C2. The molecule has 1 aromatic carbocycles. The molecule has 134 valence electrons. The van der Waals surface area contributed by atoms with Gasteiger partial charge < -0.3 is 10.1 Å². The molecule has 0 aliphatic heterocycles. The standard InChI is InChI=1S/C21H27NO3/c1-25-20(24)19(22-18(23)10-14-5-3-2-4-6-14)21-11-15-7-16(12-21)9-17(8-15)13-21/h2-6,15-17,19H,7-13H2,1H3,(H,22,23)/t15?,16?,17?,19-,21?/m0/s1. The van der Waals surface area contributed by atoms with Crippen molar-refractivity contribution in [3.63, 3.8) is 0 Å². The van der Waals surface area contributed by atoms with Gasteiger partial charge in [-0.25, -0.2) is 4.79 Å². The zero-order valence-electron chi connectivity index (χ0n) is 14.9. The number of esters is 1. The fraction of sp³-hybridized carbons (Fsp3) is 0.619. The third-order valence-corrected chi connectivity index (χ3v) is 6.65. The molecule has 4 saturated carbocycles. The largest absolute Gasteiger partial charge is 0.467 e. The number of hydrogen-bond acceptors (Lipinski definition) is 3. The minimum atomic E-state index is -0.498. The summed E-state index contributed by atoms with van der Waals surface area (Å²) in [5.41, 5.74) is 0.878. The van der Waals surface area contributed by atoms with Gasteiger partial charge in [-0.3, -0.25) is 4.79 Å². The van der Waals surface area contributed by atoms with Gasteiger partial charge in [-0.2, -0.15) is 0 Å². The van der Waals surface area contributed by atoms with Crippen LogP contribution in [0.1, 0.15) is 44.1 Å². The minimum absolute atomic E-state index is 0.0858. The van der Waals surface area contributed by atoms with Crippen molar-refractivity contribution in [1.82, 2.24) is 5.32 Å². The first kappa shape index (κ1) is 16.6. The van der Waals surface area contributed by atoms with Crippen LogP contribution in [0.3, 0.4) is 0 Å². The monoisotopic (exact) mass is 341 g/mol. The molecule has 25 heavy (non-hydrogen) atoms. The van der Waals surface area contributed by atoms with E-state index in [0.717, 1.165) is 42.6 Å². The van der Waals surface area contributed by atoms with Crippen LogP contribution in [0, 0.1) is 23.2 Å². The van der Waals surface area contributed by atoms with Crippen LogP contribution in [0.4, 0.5) is 0 Å². The lowest BCUT2D eigenvalue weighted by molar-refractivity contribution is -0.157. The predicted molar refractivity (Wildman–Crippen MR) is 94.7 cm³/mol. The molecule has 4 heteroatoms. The number of ether oxygens (including phenoxy) is 1. The van der Waals surface area contributed by atoms with Crippen LogP contribution >= 0.6 is 0 Å². The van der Waals surface area contributed by atoms with E-state index < -0.39 is 6.04 Å². The van der Waals surface area contributed by atoms with E-state index in [0.29, 0.717) is 6.42 Å². The first-order valence-corrected chi connectivity index (χ1v) is 9.49. The van der Waals surface area contributed by atoms with Gasteiger partial charge >= 0.3 is 5.97 Å². The molecule has 4 nitrogen and oxygen atoms in total. The van der Waals surface area contributed by atoms with Crippen molar-refractivity contribution in [2.75, 3.05) is 7.11 Å². The first-order chi connectivity index (χ1) is 12.1. The van der Waals surface area contributed by atoms with Crippen molar-refractivity contribution in [2.45, 2.75) is 51.0 Å². The van der Waals surface area contributed by atoms with Gasteiger partial charge in [0.25, 0.3) is 0 Å². The highest BCUT2D eigenvalue weighted by Gasteiger charge is 2.56. The first-order valence-electron chi connectivity index (χ1n) is 9.49. The van der Waals surface area contributed by atoms with E-state index in [2.05, 4.69) is 5.32 Å². The molecule has 0 unspecified atom stereocenters. The van der Waals surface area contributed by atoms with Crippen molar-refractivity contribution >= 4 is 11.9 Å². The molecule has 0 spiro atoms. The van der Waals surface area contributed by atoms with Gasteiger partial charge in [0.15, 0.2) is 0 Å². The summed E-state index contributed by atoms with van der Waals surface area (Å²) in [6.07, 6.45) is 7.42. The molecular formula is C21H27NO3. The highest BCUT2D eigenvalue weighted by Crippen LogP contribution is 2.61. The third-order valence-electron chi connectivity index (χ3n) is 6.65. The number of carbonyl (C=O) groups excluding carboxylic acids is 2. The molecule has 0 radical (unpaired) electrons. The molecule has 1 aromatic rings. The Morgan fingerprint density at radius 1 is 1.08 bits per heavy atom. The number of benzene rings is 1. The molecule has 4 aliphatic carbocycles. The Kier molecular flexibility index (Phi) is 4.30. The fourth-order valence-electron chi connectivity index (χ4n) is 6.10. The molecule has 1 atom stereocenters. The molecule has 4 aliphatic rings. The maximum Gasteiger partial charge on any atom is 0.328 e. The third kappa shape index (κ3) is 3.19. The average Bonchev–Trinajstić information content (AvgIpc) is 2.58. The Bertz CT molecular complexity index is 619. The van der Waals surface area contributed by atoms with Crippen LogP contribution in [-0.4, -0.2) is 25.0 Å². The van der Waals surface area contributed by atoms with Gasteiger partial charge in [0.1, 0.15) is 6.04 Å². The second-order valence-electron chi connectivity index (χ2n) is 8.47. The molecule has 0 aromatic heterocycles. The van der Waals surface area contributed by atoms with Crippen LogP contribution in [0.15, 0.2) is 30.3 Å². The van der Waals surface area contributed by atoms with E-state index in [1.165, 1.54) is 26.4 Å². The molecule has 4 fully saturated rings. The number of hydrogen-bond donors (Lipinski definition) is 1. The number of rotatable bonds is 5. The lowest BCUT2D eigenvalue weighted by atomic mass is 9.47. The van der Waals surface area contributed by atoms with E-state index in [4.69, 9.17) is 4.74 Å². The summed E-state index contributed by atoms with van der Waals surface area (Å²) in [5.74, 6) is 1.82. The van der Waals surface area contributed by atoms with Gasteiger partial charge in [-0.1, -0.05) is 30.3 Å². The Labute approximate surface area is 149 Å². The predicted octanol–water partition coefficient (Wildman–Crippen LogP) is 3.10. The normalized spacial score (nSPS) is 33.7. The van der Waals surface area contributed by atoms with E-state index in [1.807, 2.05) is 30.3 Å². The molecular weight excluding hydrogens is 314 g/mol. The van der Waals surface area contributed by atoms with E-state index >= 15 is 0 Å². The fourth-order valence-corrected chi connectivity index (χ4v) is 6.10. The van der Waals surface area contributed by atoms with Gasteiger partial charge in [0.2, 0.25) is 5.91 Å². The molecule has 5 rings (SSSR count). The summed E-state index contributed by atoms with van der Waals surface area (Å²) < 4.78 is 5.10. The van der Waals surface area contributed by atoms with Crippen LogP contribution in [0.25, 0.3) is 0 Å². The topological polar surface area (TPSA) is 55.4 Å². The highest BCUT2D eigenvalue weighted by atomic mass is 16.5. The van der Waals surface area contributed by atoms with Crippen molar-refractivity contribution in [3.05, 3.63) is 35.9 Å². The van der Waals surface area contributed by atoms with Crippen LogP contribution in [-0.2, 0) is 20.7 Å². The second-order valence-corrected chi connectivity index (χ2v) is 8.47. The van der Waals surface area contributed by atoms with Crippen LogP contribution in [0.2, 0.25) is 0 Å². The smallest absolute Gasteiger partial charge is 0.328 e. The zero-order chi connectivity index (χ0) is 17.4.